The van der Waals surface area contributed by atoms with Gasteiger partial charge in [-0.15, -0.1) is 0 Å². The quantitative estimate of drug-likeness (QED) is 0.411. The van der Waals surface area contributed by atoms with E-state index in [0.717, 1.165) is 63.6 Å². The number of aliphatic hydroxyl groups is 1. The molecule has 216 valence electrons. The number of ether oxygens (including phenoxy) is 3. The van der Waals surface area contributed by atoms with Crippen molar-refractivity contribution in [3.63, 3.8) is 0 Å². The van der Waals surface area contributed by atoms with Crippen molar-refractivity contribution in [3.8, 4) is 0 Å². The van der Waals surface area contributed by atoms with Gasteiger partial charge in [0.1, 0.15) is 18.8 Å². The van der Waals surface area contributed by atoms with Gasteiger partial charge in [0.2, 0.25) is 0 Å². The van der Waals surface area contributed by atoms with E-state index in [1.165, 1.54) is 6.92 Å². The van der Waals surface area contributed by atoms with Crippen LogP contribution in [0.2, 0.25) is 0 Å². The number of carbonyl (C=O) groups excluding carboxylic acids is 3. The lowest BCUT2D eigenvalue weighted by molar-refractivity contribution is -0.208. The molecule has 2 aliphatic heterocycles. The predicted octanol–water partition coefficient (Wildman–Crippen LogP) is 3.20. The molecule has 1 amide bonds. The van der Waals surface area contributed by atoms with Crippen LogP contribution in [0.4, 0.5) is 4.79 Å². The Morgan fingerprint density at radius 3 is 2.54 bits per heavy atom. The summed E-state index contributed by atoms with van der Waals surface area (Å²) in [6.45, 7) is 9.17. The molecule has 2 heterocycles. The van der Waals surface area contributed by atoms with Crippen LogP contribution in [0.5, 0.6) is 0 Å². The lowest BCUT2D eigenvalue weighted by Crippen LogP contribution is -2.62. The largest absolute Gasteiger partial charge is 0.462 e. The summed E-state index contributed by atoms with van der Waals surface area (Å²) in [7, 11) is 0. The van der Waals surface area contributed by atoms with Gasteiger partial charge in [-0.3, -0.25) is 4.79 Å². The van der Waals surface area contributed by atoms with Crippen LogP contribution in [-0.4, -0.2) is 78.6 Å². The minimum absolute atomic E-state index is 0.0463. The molecule has 0 radical (unpaired) electrons. The monoisotopic (exact) mass is 544 g/mol. The molecule has 0 aromatic rings. The molecule has 0 aromatic heterocycles. The number of rotatable bonds is 3. The highest BCUT2D eigenvalue weighted by Crippen LogP contribution is 2.70. The maximum atomic E-state index is 12.8. The molecule has 1 saturated heterocycles. The molecule has 9 nitrogen and oxygen atoms in total. The standard InChI is InChI=1S/C30H44N2O7/c1-18(33)38-24-16-30(36)23-5-4-20-15-21(39-27(35)32-12-10-31-11-13-32)6-8-28(20,2)22(23)7-9-29(30,3)26(24)19-14-25(34)37-17-19/h14,20-24,26,31,36H,4-13,15-17H2,1-3H3/t20?,21-,22-,23+,24-,26-,28-,29+,30-/m0/s1. The highest BCUT2D eigenvalue weighted by molar-refractivity contribution is 5.85. The summed E-state index contributed by atoms with van der Waals surface area (Å²) in [5, 5.41) is 15.9. The molecule has 4 saturated carbocycles. The zero-order valence-corrected chi connectivity index (χ0v) is 23.6. The second-order valence-electron chi connectivity index (χ2n) is 13.5. The van der Waals surface area contributed by atoms with Crippen LogP contribution in [0.3, 0.4) is 0 Å². The van der Waals surface area contributed by atoms with Crippen molar-refractivity contribution in [2.45, 2.75) is 89.9 Å². The van der Waals surface area contributed by atoms with Gasteiger partial charge in [-0.25, -0.2) is 9.59 Å². The average molecular weight is 545 g/mol. The molecule has 1 unspecified atom stereocenters. The Balaban J connectivity index is 1.21. The number of piperazine rings is 1. The average Bonchev–Trinajstić information content (AvgIpc) is 3.41. The number of carbonyl (C=O) groups is 3. The van der Waals surface area contributed by atoms with Crippen LogP contribution in [-0.2, 0) is 23.8 Å². The molecule has 39 heavy (non-hydrogen) atoms. The van der Waals surface area contributed by atoms with Crippen molar-refractivity contribution >= 4 is 18.0 Å². The topological polar surface area (TPSA) is 114 Å². The first-order valence-electron chi connectivity index (χ1n) is 15.0. The smallest absolute Gasteiger partial charge is 0.410 e. The number of hydrogen-bond acceptors (Lipinski definition) is 8. The van der Waals surface area contributed by atoms with Gasteiger partial charge in [-0.2, -0.15) is 0 Å². The fourth-order valence-corrected chi connectivity index (χ4v) is 9.91. The molecule has 9 heteroatoms. The maximum absolute atomic E-state index is 12.8. The molecular formula is C30H44N2O7. The Morgan fingerprint density at radius 1 is 1.08 bits per heavy atom. The molecule has 4 aliphatic carbocycles. The second-order valence-corrected chi connectivity index (χ2v) is 13.5. The van der Waals surface area contributed by atoms with Crippen LogP contribution in [0, 0.1) is 34.5 Å². The van der Waals surface area contributed by atoms with Crippen LogP contribution >= 0.6 is 0 Å². The Labute approximate surface area is 231 Å². The normalized spacial score (nSPS) is 45.4. The number of amides is 1. The van der Waals surface area contributed by atoms with Gasteiger partial charge >= 0.3 is 18.0 Å². The van der Waals surface area contributed by atoms with Gasteiger partial charge < -0.3 is 29.5 Å². The first-order valence-corrected chi connectivity index (χ1v) is 15.0. The van der Waals surface area contributed by atoms with E-state index in [1.54, 1.807) is 6.08 Å². The summed E-state index contributed by atoms with van der Waals surface area (Å²) in [5.74, 6) is -0.0504. The van der Waals surface area contributed by atoms with E-state index in [0.29, 0.717) is 31.3 Å². The lowest BCUT2D eigenvalue weighted by atomic mass is 9.43. The van der Waals surface area contributed by atoms with Gasteiger partial charge in [0.15, 0.2) is 0 Å². The number of fused-ring (bicyclic) bond motifs is 5. The third-order valence-electron chi connectivity index (χ3n) is 11.8. The SMILES string of the molecule is CC(=O)O[C@H]1C[C@]2(O)[C@@H]3CCC4C[C@@H](OC(=O)N5CCNCC5)CC[C@]4(C)[C@H]3CC[C@]2(C)[C@H]1C1=CC(=O)OC1. The Kier molecular flexibility index (Phi) is 6.77. The van der Waals surface area contributed by atoms with Gasteiger partial charge in [0.25, 0.3) is 0 Å². The van der Waals surface area contributed by atoms with Gasteiger partial charge in [-0.05, 0) is 73.7 Å². The molecule has 0 bridgehead atoms. The van der Waals surface area contributed by atoms with E-state index in [-0.39, 0.29) is 48.0 Å². The molecule has 6 aliphatic rings. The summed E-state index contributed by atoms with van der Waals surface area (Å²) in [6, 6.07) is 0. The van der Waals surface area contributed by atoms with Gasteiger partial charge in [-0.1, -0.05) is 13.8 Å². The van der Waals surface area contributed by atoms with Gasteiger partial charge in [0, 0.05) is 56.9 Å². The zero-order valence-electron chi connectivity index (χ0n) is 23.6. The van der Waals surface area contributed by atoms with E-state index in [9.17, 15) is 19.5 Å². The van der Waals surface area contributed by atoms with Crippen LogP contribution < -0.4 is 5.32 Å². The Hall–Kier alpha value is -2.13. The summed E-state index contributed by atoms with van der Waals surface area (Å²) < 4.78 is 17.1. The van der Waals surface area contributed by atoms with Crippen molar-refractivity contribution in [2.24, 2.45) is 34.5 Å². The molecule has 0 aromatic carbocycles. The number of hydrogen-bond donors (Lipinski definition) is 2. The molecule has 6 rings (SSSR count). The molecule has 9 atom stereocenters. The molecule has 5 fully saturated rings. The first kappa shape index (κ1) is 27.1. The summed E-state index contributed by atoms with van der Waals surface area (Å²) in [6.07, 6.45) is 7.67. The van der Waals surface area contributed by atoms with Crippen LogP contribution in [0.1, 0.15) is 72.1 Å². The fourth-order valence-electron chi connectivity index (χ4n) is 9.91. The molecule has 2 N–H and O–H groups in total. The number of cyclic esters (lactones) is 1. The maximum Gasteiger partial charge on any atom is 0.410 e. The number of esters is 2. The lowest BCUT2D eigenvalue weighted by Gasteiger charge is -2.63. The van der Waals surface area contributed by atoms with E-state index in [1.807, 2.05) is 4.90 Å². The Morgan fingerprint density at radius 2 is 1.85 bits per heavy atom. The zero-order chi connectivity index (χ0) is 27.6. The van der Waals surface area contributed by atoms with Crippen LogP contribution in [0.15, 0.2) is 11.6 Å². The number of nitrogens with one attached hydrogen (secondary N) is 1. The second kappa shape index (κ2) is 9.75. The molecular weight excluding hydrogens is 500 g/mol. The van der Waals surface area contributed by atoms with Crippen molar-refractivity contribution in [3.05, 3.63) is 11.6 Å². The third kappa shape index (κ3) is 4.30. The van der Waals surface area contributed by atoms with Crippen molar-refractivity contribution < 1.29 is 33.7 Å². The van der Waals surface area contributed by atoms with E-state index >= 15 is 0 Å². The van der Waals surface area contributed by atoms with E-state index in [2.05, 4.69) is 19.2 Å². The summed E-state index contributed by atoms with van der Waals surface area (Å²) >= 11 is 0. The predicted molar refractivity (Wildman–Crippen MR) is 141 cm³/mol. The molecule has 0 spiro atoms. The summed E-state index contributed by atoms with van der Waals surface area (Å²) in [4.78, 5) is 38.7. The van der Waals surface area contributed by atoms with Crippen molar-refractivity contribution in [1.82, 2.24) is 10.2 Å². The van der Waals surface area contributed by atoms with Crippen molar-refractivity contribution in [1.29, 1.82) is 0 Å². The third-order valence-corrected chi connectivity index (χ3v) is 11.8. The minimum Gasteiger partial charge on any atom is -0.462 e. The highest BCUT2D eigenvalue weighted by Gasteiger charge is 2.71. The van der Waals surface area contributed by atoms with E-state index in [4.69, 9.17) is 14.2 Å². The Bertz CT molecular complexity index is 1060. The van der Waals surface area contributed by atoms with Crippen molar-refractivity contribution in [2.75, 3.05) is 32.8 Å². The van der Waals surface area contributed by atoms with Gasteiger partial charge in [0.05, 0.1) is 5.60 Å². The van der Waals surface area contributed by atoms with E-state index < -0.39 is 17.1 Å². The number of nitrogens with zero attached hydrogens (tertiary/aromatic N) is 1. The van der Waals surface area contributed by atoms with Crippen LogP contribution in [0.25, 0.3) is 0 Å². The minimum atomic E-state index is -0.993. The summed E-state index contributed by atoms with van der Waals surface area (Å²) in [5.41, 5.74) is -0.589. The highest BCUT2D eigenvalue weighted by atomic mass is 16.6. The first-order chi connectivity index (χ1) is 18.5. The fraction of sp³-hybridized carbons (Fsp3) is 0.833.